The molecule has 178 valence electrons. The number of fused-ring (bicyclic) bond motifs is 1. The third kappa shape index (κ3) is 5.01. The molecule has 4 rings (SSSR count). The molecule has 2 aromatic carbocycles. The van der Waals surface area contributed by atoms with Crippen LogP contribution in [0.5, 0.6) is 11.5 Å². The molecule has 34 heavy (non-hydrogen) atoms. The summed E-state index contributed by atoms with van der Waals surface area (Å²) in [7, 11) is 3.21. The molecule has 0 aliphatic heterocycles. The van der Waals surface area contributed by atoms with Crippen molar-refractivity contribution < 1.29 is 18.2 Å². The van der Waals surface area contributed by atoms with E-state index in [9.17, 15) is 8.76 Å². The topological polar surface area (TPSA) is 126 Å². The Morgan fingerprint density at radius 1 is 0.971 bits per heavy atom. The summed E-state index contributed by atoms with van der Waals surface area (Å²) in [5.74, 6) is 2.47. The van der Waals surface area contributed by atoms with Gasteiger partial charge in [-0.3, -0.25) is 4.21 Å². The fraction of sp³-hybridized carbons (Fsp3) is 0.261. The zero-order valence-electron chi connectivity index (χ0n) is 19.3. The van der Waals surface area contributed by atoms with Gasteiger partial charge in [-0.25, -0.2) is 9.71 Å². The zero-order chi connectivity index (χ0) is 24.2. The Labute approximate surface area is 199 Å². The van der Waals surface area contributed by atoms with Crippen molar-refractivity contribution in [1.82, 2.24) is 24.3 Å². The van der Waals surface area contributed by atoms with Gasteiger partial charge in [-0.2, -0.15) is 14.6 Å². The molecule has 0 fully saturated rings. The van der Waals surface area contributed by atoms with Crippen LogP contribution in [0.2, 0.25) is 0 Å². The van der Waals surface area contributed by atoms with E-state index in [1.54, 1.807) is 18.7 Å². The minimum Gasteiger partial charge on any atom is -0.760 e. The van der Waals surface area contributed by atoms with Crippen molar-refractivity contribution in [1.29, 1.82) is 0 Å². The number of hydrogen-bond acceptors (Lipinski definition) is 8. The van der Waals surface area contributed by atoms with Crippen molar-refractivity contribution in [2.45, 2.75) is 26.9 Å². The first-order valence-corrected chi connectivity index (χ1v) is 11.6. The number of aryl methyl sites for hydroxylation is 2. The molecule has 0 bridgehead atoms. The lowest BCUT2D eigenvalue weighted by Crippen LogP contribution is -2.15. The van der Waals surface area contributed by atoms with E-state index in [1.165, 1.54) is 0 Å². The van der Waals surface area contributed by atoms with Crippen LogP contribution in [0.3, 0.4) is 0 Å². The van der Waals surface area contributed by atoms with Crippen molar-refractivity contribution in [2.75, 3.05) is 19.5 Å². The minimum absolute atomic E-state index is 0.251. The maximum Gasteiger partial charge on any atom is 0.227 e. The average Bonchev–Trinajstić information content (AvgIpc) is 3.16. The van der Waals surface area contributed by atoms with E-state index >= 15 is 0 Å². The number of benzene rings is 2. The van der Waals surface area contributed by atoms with E-state index in [1.807, 2.05) is 56.3 Å². The second-order valence-electron chi connectivity index (χ2n) is 7.59. The number of rotatable bonds is 9. The van der Waals surface area contributed by atoms with E-state index in [4.69, 9.17) is 9.47 Å². The van der Waals surface area contributed by atoms with Gasteiger partial charge in [0.15, 0.2) is 17.1 Å². The largest absolute Gasteiger partial charge is 0.760 e. The number of aromatic nitrogens is 4. The molecule has 2 heterocycles. The number of methoxy groups -OCH3 is 2. The fourth-order valence-electron chi connectivity index (χ4n) is 3.69. The quantitative estimate of drug-likeness (QED) is 0.350. The predicted molar refractivity (Wildman–Crippen MR) is 128 cm³/mol. The van der Waals surface area contributed by atoms with E-state index < -0.39 is 11.3 Å². The first kappa shape index (κ1) is 23.6. The Balaban J connectivity index is 1.62. The van der Waals surface area contributed by atoms with Gasteiger partial charge in [-0.1, -0.05) is 30.3 Å². The molecule has 4 aromatic rings. The minimum atomic E-state index is -2.28. The van der Waals surface area contributed by atoms with Gasteiger partial charge in [0.25, 0.3) is 0 Å². The van der Waals surface area contributed by atoms with E-state index in [2.05, 4.69) is 25.1 Å². The lowest BCUT2D eigenvalue weighted by atomic mass is 10.1. The second-order valence-corrected chi connectivity index (χ2v) is 8.34. The van der Waals surface area contributed by atoms with Crippen LogP contribution in [-0.2, 0) is 24.4 Å². The fourth-order valence-corrected chi connectivity index (χ4v) is 3.97. The van der Waals surface area contributed by atoms with Crippen molar-refractivity contribution >= 4 is 22.9 Å². The molecule has 0 spiro atoms. The average molecular weight is 482 g/mol. The number of anilines is 1. The van der Waals surface area contributed by atoms with Gasteiger partial charge < -0.3 is 19.3 Å². The van der Waals surface area contributed by atoms with Crippen LogP contribution in [0.1, 0.15) is 22.6 Å². The lowest BCUT2D eigenvalue weighted by Gasteiger charge is -2.11. The van der Waals surface area contributed by atoms with Crippen molar-refractivity contribution in [2.24, 2.45) is 0 Å². The van der Waals surface area contributed by atoms with Gasteiger partial charge in [-0.05, 0) is 42.7 Å². The molecule has 0 saturated carbocycles. The first-order valence-electron chi connectivity index (χ1n) is 10.5. The zero-order valence-corrected chi connectivity index (χ0v) is 20.1. The Morgan fingerprint density at radius 2 is 1.65 bits per heavy atom. The summed E-state index contributed by atoms with van der Waals surface area (Å²) in [5, 5.41) is 8.02. The second kappa shape index (κ2) is 10.2. The predicted octanol–water partition coefficient (Wildman–Crippen LogP) is 2.92. The molecule has 2 aromatic heterocycles. The van der Waals surface area contributed by atoms with E-state index in [-0.39, 0.29) is 6.54 Å². The van der Waals surface area contributed by atoms with Crippen molar-refractivity contribution in [3.63, 3.8) is 0 Å². The molecule has 0 saturated heterocycles. The van der Waals surface area contributed by atoms with Crippen molar-refractivity contribution in [3.8, 4) is 22.6 Å². The molecule has 0 aliphatic rings. The van der Waals surface area contributed by atoms with Crippen LogP contribution in [0, 0.1) is 13.8 Å². The smallest absolute Gasteiger partial charge is 0.227 e. The summed E-state index contributed by atoms with van der Waals surface area (Å²) >= 11 is -2.28. The summed E-state index contributed by atoms with van der Waals surface area (Å²) in [4.78, 5) is 9.20. The van der Waals surface area contributed by atoms with Crippen LogP contribution in [0.4, 0.5) is 5.95 Å². The lowest BCUT2D eigenvalue weighted by molar-refractivity contribution is 0.355. The highest BCUT2D eigenvalue weighted by molar-refractivity contribution is 7.77. The SMILES string of the molecule is COc1ccc(-c2c(C)nn3c(NCc4ccc(CNS(=O)[O-])cc4)nc(C)nc23)cc1OC. The maximum atomic E-state index is 10.7. The van der Waals surface area contributed by atoms with E-state index in [0.717, 1.165) is 27.9 Å². The highest BCUT2D eigenvalue weighted by Crippen LogP contribution is 2.35. The summed E-state index contributed by atoms with van der Waals surface area (Å²) < 4.78 is 36.2. The number of nitrogens with zero attached hydrogens (tertiary/aromatic N) is 4. The van der Waals surface area contributed by atoms with Gasteiger partial charge in [0.05, 0.1) is 19.9 Å². The third-order valence-electron chi connectivity index (χ3n) is 5.31. The van der Waals surface area contributed by atoms with Crippen LogP contribution >= 0.6 is 0 Å². The summed E-state index contributed by atoms with van der Waals surface area (Å²) in [5.41, 5.74) is 5.19. The molecule has 0 radical (unpaired) electrons. The van der Waals surface area contributed by atoms with Crippen molar-refractivity contribution in [3.05, 3.63) is 65.1 Å². The number of nitrogens with one attached hydrogen (secondary N) is 2. The highest BCUT2D eigenvalue weighted by atomic mass is 32.2. The van der Waals surface area contributed by atoms with Crippen LogP contribution in [-0.4, -0.2) is 42.6 Å². The van der Waals surface area contributed by atoms with Gasteiger partial charge in [-0.15, -0.1) is 0 Å². The Hall–Kier alpha value is -3.54. The normalized spacial score (nSPS) is 12.0. The summed E-state index contributed by atoms with van der Waals surface area (Å²) in [6.07, 6.45) is 0. The molecule has 0 amide bonds. The molecule has 1 atom stereocenters. The van der Waals surface area contributed by atoms with Gasteiger partial charge in [0.1, 0.15) is 5.82 Å². The highest BCUT2D eigenvalue weighted by Gasteiger charge is 2.18. The van der Waals surface area contributed by atoms with Gasteiger partial charge in [0.2, 0.25) is 5.95 Å². The van der Waals surface area contributed by atoms with E-state index in [0.29, 0.717) is 35.5 Å². The van der Waals surface area contributed by atoms with Crippen LogP contribution in [0.15, 0.2) is 42.5 Å². The first-order chi connectivity index (χ1) is 16.4. The molecular weight excluding hydrogens is 456 g/mol. The standard InChI is InChI=1S/C23H26N6O4S/c1-14-21(18-9-10-19(32-3)20(11-18)33-4)22-26-15(2)27-23(29(22)28-14)24-12-16-5-7-17(8-6-16)13-25-34(30)31/h5-11,25H,12-13H2,1-4H3,(H,30,31)(H,24,26,27)/p-1. The molecule has 0 aliphatic carbocycles. The van der Waals surface area contributed by atoms with Gasteiger partial charge in [0, 0.05) is 29.9 Å². The maximum absolute atomic E-state index is 10.7. The van der Waals surface area contributed by atoms with Crippen LogP contribution < -0.4 is 19.5 Å². The Bertz CT molecular complexity index is 1340. The molecule has 1 unspecified atom stereocenters. The van der Waals surface area contributed by atoms with Crippen LogP contribution in [0.25, 0.3) is 16.8 Å². The summed E-state index contributed by atoms with van der Waals surface area (Å²) in [6, 6.07) is 13.4. The Kier molecular flexibility index (Phi) is 7.06. The molecule has 11 heteroatoms. The number of ether oxygens (including phenoxy) is 2. The Morgan fingerprint density at radius 3 is 2.29 bits per heavy atom. The molecule has 2 N–H and O–H groups in total. The third-order valence-corrected chi connectivity index (χ3v) is 5.69. The van der Waals surface area contributed by atoms with Gasteiger partial charge >= 0.3 is 0 Å². The number of hydrogen-bond donors (Lipinski definition) is 2. The summed E-state index contributed by atoms with van der Waals surface area (Å²) in [6.45, 7) is 4.54. The molecule has 10 nitrogen and oxygen atoms in total. The monoisotopic (exact) mass is 481 g/mol. The molecular formula is C23H25N6O4S-.